The first-order valence-electron chi connectivity index (χ1n) is 10.7. The van der Waals surface area contributed by atoms with Crippen LogP contribution in [0.4, 0.5) is 14.6 Å². The van der Waals surface area contributed by atoms with Gasteiger partial charge in [-0.05, 0) is 24.3 Å². The van der Waals surface area contributed by atoms with E-state index in [9.17, 15) is 18.4 Å². The van der Waals surface area contributed by atoms with Crippen molar-refractivity contribution in [3.8, 4) is 16.9 Å². The lowest BCUT2D eigenvalue weighted by Crippen LogP contribution is -2.24. The van der Waals surface area contributed by atoms with E-state index < -0.39 is 11.8 Å². The van der Waals surface area contributed by atoms with Crippen LogP contribution in [0.1, 0.15) is 31.7 Å². The average Bonchev–Trinajstić information content (AvgIpc) is 3.40. The molecule has 33 heavy (non-hydrogen) atoms. The lowest BCUT2D eigenvalue weighted by atomic mass is 10.0. The average molecular weight is 473 g/mol. The van der Waals surface area contributed by atoms with Crippen LogP contribution < -0.4 is 10.6 Å². The second-order valence-corrected chi connectivity index (χ2v) is 8.47. The number of carbonyl (C=O) groups excluding carboxylic acids is 2. The first-order chi connectivity index (χ1) is 15.8. The molecular formula is C24H23ClF2N4O2. The maximum atomic E-state index is 14.6. The minimum atomic E-state index is -2.95. The summed E-state index contributed by atoms with van der Waals surface area (Å²) in [4.78, 5) is 24.0. The fourth-order valence-corrected chi connectivity index (χ4v) is 4.02. The van der Waals surface area contributed by atoms with E-state index in [1.165, 1.54) is 12.1 Å². The van der Waals surface area contributed by atoms with Crippen molar-refractivity contribution >= 4 is 29.2 Å². The van der Waals surface area contributed by atoms with E-state index in [4.69, 9.17) is 11.6 Å². The van der Waals surface area contributed by atoms with Crippen molar-refractivity contribution in [1.82, 2.24) is 15.1 Å². The molecule has 2 N–H and O–H groups in total. The van der Waals surface area contributed by atoms with Crippen LogP contribution in [0.2, 0.25) is 5.02 Å². The minimum Gasteiger partial charge on any atom is -0.355 e. The Morgan fingerprint density at radius 2 is 2.03 bits per heavy atom. The van der Waals surface area contributed by atoms with E-state index in [2.05, 4.69) is 15.7 Å². The molecule has 6 nitrogen and oxygen atoms in total. The van der Waals surface area contributed by atoms with Crippen LogP contribution in [0.15, 0.2) is 54.6 Å². The molecule has 0 unspecified atom stereocenters. The summed E-state index contributed by atoms with van der Waals surface area (Å²) in [6.07, 6.45) is 0.216. The first-order valence-corrected chi connectivity index (χ1v) is 11.1. The molecule has 1 atom stereocenters. The molecule has 1 saturated heterocycles. The van der Waals surface area contributed by atoms with Gasteiger partial charge in [-0.1, -0.05) is 49.2 Å². The summed E-state index contributed by atoms with van der Waals surface area (Å²) in [6, 6.07) is 14.7. The number of amides is 2. The van der Waals surface area contributed by atoms with Crippen molar-refractivity contribution in [1.29, 1.82) is 0 Å². The number of benzene rings is 2. The topological polar surface area (TPSA) is 76.0 Å². The zero-order valence-electron chi connectivity index (χ0n) is 17.9. The van der Waals surface area contributed by atoms with E-state index in [1.54, 1.807) is 54.1 Å². The minimum absolute atomic E-state index is 0.0816. The summed E-state index contributed by atoms with van der Waals surface area (Å²) < 4.78 is 30.7. The molecule has 1 fully saturated rings. The molecule has 9 heteroatoms. The van der Waals surface area contributed by atoms with Gasteiger partial charge in [-0.2, -0.15) is 0 Å². The Kier molecular flexibility index (Phi) is 6.47. The number of hydrogen-bond donors (Lipinski definition) is 2. The summed E-state index contributed by atoms with van der Waals surface area (Å²) in [5, 5.41) is 10.3. The fourth-order valence-electron chi connectivity index (χ4n) is 3.84. The molecule has 2 aromatic carbocycles. The zero-order chi connectivity index (χ0) is 23.6. The molecule has 0 saturated carbocycles. The van der Waals surface area contributed by atoms with Crippen LogP contribution in [0.25, 0.3) is 16.9 Å². The number of halogens is 3. The van der Waals surface area contributed by atoms with Crippen molar-refractivity contribution in [2.75, 3.05) is 11.9 Å². The molecule has 2 amide bonds. The Bertz CT molecular complexity index is 1190. The fraction of sp³-hybridized carbons (Fsp3) is 0.292. The lowest BCUT2D eigenvalue weighted by Gasteiger charge is -2.17. The van der Waals surface area contributed by atoms with Crippen LogP contribution in [0, 0.1) is 5.92 Å². The van der Waals surface area contributed by atoms with Gasteiger partial charge >= 0.3 is 0 Å². The number of nitrogens with one attached hydrogen (secondary N) is 2. The molecule has 3 aromatic rings. The Labute approximate surface area is 194 Å². The van der Waals surface area contributed by atoms with Gasteiger partial charge in [0.2, 0.25) is 11.8 Å². The number of anilines is 1. The summed E-state index contributed by atoms with van der Waals surface area (Å²) in [5.41, 5.74) is 1.57. The summed E-state index contributed by atoms with van der Waals surface area (Å²) in [5.74, 6) is -3.71. The van der Waals surface area contributed by atoms with Crippen molar-refractivity contribution < 1.29 is 18.4 Å². The molecule has 1 aliphatic rings. The Morgan fingerprint density at radius 1 is 1.24 bits per heavy atom. The van der Waals surface area contributed by atoms with Crippen LogP contribution >= 0.6 is 11.6 Å². The monoisotopic (exact) mass is 472 g/mol. The molecule has 1 aliphatic heterocycles. The highest BCUT2D eigenvalue weighted by Gasteiger charge is 2.31. The highest BCUT2D eigenvalue weighted by atomic mass is 35.5. The highest BCUT2D eigenvalue weighted by molar-refractivity contribution is 6.30. The molecule has 4 rings (SSSR count). The molecule has 172 valence electrons. The second-order valence-electron chi connectivity index (χ2n) is 8.04. The third-order valence-corrected chi connectivity index (χ3v) is 5.74. The van der Waals surface area contributed by atoms with Crippen molar-refractivity contribution in [2.45, 2.75) is 32.1 Å². The zero-order valence-corrected chi connectivity index (χ0v) is 18.7. The summed E-state index contributed by atoms with van der Waals surface area (Å²) in [7, 11) is 0. The normalized spacial score (nSPS) is 16.0. The largest absolute Gasteiger partial charge is 0.355 e. The third-order valence-electron chi connectivity index (χ3n) is 5.51. The van der Waals surface area contributed by atoms with E-state index in [0.29, 0.717) is 28.4 Å². The molecule has 0 aliphatic carbocycles. The predicted octanol–water partition coefficient (Wildman–Crippen LogP) is 5.16. The molecule has 0 spiro atoms. The number of rotatable bonds is 7. The SMILES string of the molecule is CCCC(F)(F)c1cccc(-c2cc(NC(=O)[C@H]3CNC(=O)C3)nn2-c2cccc(Cl)c2)c1. The van der Waals surface area contributed by atoms with Gasteiger partial charge < -0.3 is 10.6 Å². The standard InChI is InChI=1S/C24H23ClF2N4O2/c1-2-9-24(26,27)17-6-3-5-15(10-17)20-13-21(29-23(33)16-11-22(32)28-14-16)30-31(20)19-8-4-7-18(25)12-19/h3-8,10,12-13,16H,2,9,11,14H2,1H3,(H,28,32)(H,29,30,33)/t16-/m1/s1. The Morgan fingerprint density at radius 3 is 2.73 bits per heavy atom. The van der Waals surface area contributed by atoms with Gasteiger partial charge in [0, 0.05) is 41.6 Å². The lowest BCUT2D eigenvalue weighted by molar-refractivity contribution is -0.123. The van der Waals surface area contributed by atoms with Crippen LogP contribution in [-0.2, 0) is 15.5 Å². The number of nitrogens with zero attached hydrogens (tertiary/aromatic N) is 2. The summed E-state index contributed by atoms with van der Waals surface area (Å²) in [6.45, 7) is 1.98. The van der Waals surface area contributed by atoms with Gasteiger partial charge in [0.1, 0.15) is 0 Å². The maximum Gasteiger partial charge on any atom is 0.273 e. The van der Waals surface area contributed by atoms with Crippen LogP contribution in [0.5, 0.6) is 0 Å². The smallest absolute Gasteiger partial charge is 0.273 e. The highest BCUT2D eigenvalue weighted by Crippen LogP contribution is 2.36. The van der Waals surface area contributed by atoms with Crippen molar-refractivity contribution in [2.24, 2.45) is 5.92 Å². The van der Waals surface area contributed by atoms with Gasteiger partial charge in [-0.15, -0.1) is 5.10 Å². The Balaban J connectivity index is 1.74. The first kappa shape index (κ1) is 22.9. The number of alkyl halides is 2. The Hall–Kier alpha value is -3.26. The number of hydrogen-bond acceptors (Lipinski definition) is 3. The number of carbonyl (C=O) groups is 2. The van der Waals surface area contributed by atoms with Gasteiger partial charge in [-0.3, -0.25) is 9.59 Å². The number of aromatic nitrogens is 2. The molecule has 2 heterocycles. The van der Waals surface area contributed by atoms with Gasteiger partial charge in [-0.25, -0.2) is 13.5 Å². The van der Waals surface area contributed by atoms with Crippen molar-refractivity contribution in [3.05, 3.63) is 65.2 Å². The van der Waals surface area contributed by atoms with Crippen molar-refractivity contribution in [3.63, 3.8) is 0 Å². The third kappa shape index (κ3) is 5.06. The van der Waals surface area contributed by atoms with Crippen LogP contribution in [-0.4, -0.2) is 28.1 Å². The van der Waals surface area contributed by atoms with E-state index in [0.717, 1.165) is 0 Å². The van der Waals surface area contributed by atoms with Gasteiger partial charge in [0.15, 0.2) is 5.82 Å². The van der Waals surface area contributed by atoms with E-state index in [1.807, 2.05) is 0 Å². The molecule has 0 bridgehead atoms. The molecular weight excluding hydrogens is 450 g/mol. The van der Waals surface area contributed by atoms with Gasteiger partial charge in [0.05, 0.1) is 17.3 Å². The molecule has 1 aromatic heterocycles. The molecule has 0 radical (unpaired) electrons. The van der Waals surface area contributed by atoms with E-state index in [-0.39, 0.29) is 42.6 Å². The van der Waals surface area contributed by atoms with E-state index >= 15 is 0 Å². The van der Waals surface area contributed by atoms with Crippen LogP contribution in [0.3, 0.4) is 0 Å². The predicted molar refractivity (Wildman–Crippen MR) is 123 cm³/mol. The maximum absolute atomic E-state index is 14.6. The second kappa shape index (κ2) is 9.31. The quantitative estimate of drug-likeness (QED) is 0.498. The van der Waals surface area contributed by atoms with Gasteiger partial charge in [0.25, 0.3) is 5.92 Å². The summed E-state index contributed by atoms with van der Waals surface area (Å²) >= 11 is 6.15.